The fourth-order valence-electron chi connectivity index (χ4n) is 3.64. The molecule has 0 N–H and O–H groups in total. The number of allylic oxidation sites excluding steroid dienone is 1. The van der Waals surface area contributed by atoms with Gasteiger partial charge < -0.3 is 14.7 Å². The van der Waals surface area contributed by atoms with Crippen molar-refractivity contribution in [1.82, 2.24) is 19.6 Å². The fourth-order valence-corrected chi connectivity index (χ4v) is 3.64. The lowest BCUT2D eigenvalue weighted by molar-refractivity contribution is -0.129. The molecular formula is C23H41N5O. The second kappa shape index (κ2) is 11.8. The molecule has 2 fully saturated rings. The van der Waals surface area contributed by atoms with E-state index in [-0.39, 0.29) is 5.91 Å². The summed E-state index contributed by atoms with van der Waals surface area (Å²) in [5.41, 5.74) is 2.05. The van der Waals surface area contributed by atoms with E-state index in [1.165, 1.54) is 6.08 Å². The van der Waals surface area contributed by atoms with Crippen molar-refractivity contribution >= 4 is 11.6 Å². The highest BCUT2D eigenvalue weighted by molar-refractivity contribution is 5.87. The van der Waals surface area contributed by atoms with Gasteiger partial charge in [0.2, 0.25) is 5.91 Å². The van der Waals surface area contributed by atoms with Crippen LogP contribution in [0.25, 0.3) is 0 Å². The summed E-state index contributed by atoms with van der Waals surface area (Å²) in [6.45, 7) is 25.6. The first-order valence-electron chi connectivity index (χ1n) is 10.8. The standard InChI is InChI=1S/C21H35N5O.C2H6/c1-8-21(27)25-12-10-24(11-13-25)19-15-26(18(19)6)17(5)14-20(22-16(3)4)23(7)9-2;1-2/h8,14,18-19H,1,5,9-13,15H2,2-4,6-7H3;1-2H3/b20-14+;. The molecule has 2 saturated heterocycles. The zero-order chi connectivity index (χ0) is 22.1. The lowest BCUT2D eigenvalue weighted by Gasteiger charge is -2.54. The molecule has 0 spiro atoms. The zero-order valence-corrected chi connectivity index (χ0v) is 19.6. The third-order valence-corrected chi connectivity index (χ3v) is 5.57. The number of aliphatic imine (C=N–C) groups is 1. The Kier molecular flexibility index (Phi) is 10.2. The van der Waals surface area contributed by atoms with E-state index < -0.39 is 0 Å². The van der Waals surface area contributed by atoms with E-state index in [4.69, 9.17) is 0 Å². The monoisotopic (exact) mass is 403 g/mol. The molecule has 0 bridgehead atoms. The van der Waals surface area contributed by atoms with Gasteiger partial charge in [0.1, 0.15) is 5.82 Å². The topological polar surface area (TPSA) is 42.4 Å². The van der Waals surface area contributed by atoms with E-state index in [1.807, 2.05) is 32.6 Å². The first kappa shape index (κ1) is 25.0. The van der Waals surface area contributed by atoms with Crippen LogP contribution < -0.4 is 0 Å². The van der Waals surface area contributed by atoms with E-state index in [0.717, 1.165) is 56.5 Å². The van der Waals surface area contributed by atoms with Gasteiger partial charge in [-0.1, -0.05) is 27.0 Å². The predicted molar refractivity (Wildman–Crippen MR) is 124 cm³/mol. The smallest absolute Gasteiger partial charge is 0.246 e. The van der Waals surface area contributed by atoms with Crippen molar-refractivity contribution in [1.29, 1.82) is 0 Å². The Bertz CT molecular complexity index is 627. The Labute approximate surface area is 178 Å². The van der Waals surface area contributed by atoms with Crippen molar-refractivity contribution < 1.29 is 4.79 Å². The largest absolute Gasteiger partial charge is 0.366 e. The second-order valence-electron chi connectivity index (χ2n) is 7.59. The number of hydrogen-bond acceptors (Lipinski definition) is 5. The van der Waals surface area contributed by atoms with Crippen molar-refractivity contribution in [3.8, 4) is 0 Å². The molecule has 2 atom stereocenters. The van der Waals surface area contributed by atoms with Gasteiger partial charge in [-0.2, -0.15) is 0 Å². The minimum absolute atomic E-state index is 0.0378. The summed E-state index contributed by atoms with van der Waals surface area (Å²) in [5.74, 6) is 0.991. The number of rotatable bonds is 7. The van der Waals surface area contributed by atoms with E-state index in [2.05, 4.69) is 59.8 Å². The van der Waals surface area contributed by atoms with Crippen molar-refractivity contribution in [2.24, 2.45) is 4.99 Å². The van der Waals surface area contributed by atoms with Crippen LogP contribution in [0, 0.1) is 0 Å². The molecule has 0 aliphatic carbocycles. The molecule has 0 saturated carbocycles. The minimum atomic E-state index is 0.0378. The average molecular weight is 404 g/mol. The molecule has 164 valence electrons. The number of hydrogen-bond donors (Lipinski definition) is 0. The van der Waals surface area contributed by atoms with Gasteiger partial charge in [0.05, 0.1) is 0 Å². The van der Waals surface area contributed by atoms with Crippen LogP contribution in [0.5, 0.6) is 0 Å². The SMILES string of the molecule is C=CC(=O)N1CCN(C2CN(C(=C)/C=C(\N=C(C)C)N(C)CC)C2C)CC1.CC. The molecule has 2 rings (SSSR count). The molecule has 2 unspecified atom stereocenters. The number of carbonyl (C=O) groups is 1. The molecule has 29 heavy (non-hydrogen) atoms. The molecule has 2 heterocycles. The van der Waals surface area contributed by atoms with Gasteiger partial charge in [-0.05, 0) is 33.8 Å². The molecule has 0 radical (unpaired) electrons. The highest BCUT2D eigenvalue weighted by Crippen LogP contribution is 2.29. The quantitative estimate of drug-likeness (QED) is 0.372. The normalized spacial score (nSPS) is 22.1. The number of nitrogens with zero attached hydrogens (tertiary/aromatic N) is 5. The average Bonchev–Trinajstić information content (AvgIpc) is 2.72. The molecule has 0 aromatic carbocycles. The molecule has 6 nitrogen and oxygen atoms in total. The van der Waals surface area contributed by atoms with E-state index in [9.17, 15) is 4.79 Å². The van der Waals surface area contributed by atoms with Crippen LogP contribution in [0.15, 0.2) is 41.8 Å². The van der Waals surface area contributed by atoms with Crippen LogP contribution in [-0.2, 0) is 4.79 Å². The van der Waals surface area contributed by atoms with Gasteiger partial charge in [-0.25, -0.2) is 4.99 Å². The fraction of sp³-hybridized carbons (Fsp3) is 0.652. The Hall–Kier alpha value is -2.08. The van der Waals surface area contributed by atoms with Crippen LogP contribution in [-0.4, -0.2) is 89.6 Å². The highest BCUT2D eigenvalue weighted by atomic mass is 16.2. The third-order valence-electron chi connectivity index (χ3n) is 5.57. The van der Waals surface area contributed by atoms with E-state index >= 15 is 0 Å². The van der Waals surface area contributed by atoms with Crippen LogP contribution in [0.3, 0.4) is 0 Å². The van der Waals surface area contributed by atoms with Crippen LogP contribution in [0.1, 0.15) is 41.5 Å². The maximum atomic E-state index is 11.7. The van der Waals surface area contributed by atoms with Crippen molar-refractivity contribution in [2.75, 3.05) is 46.3 Å². The number of piperazine rings is 1. The van der Waals surface area contributed by atoms with E-state index in [0.29, 0.717) is 12.1 Å². The van der Waals surface area contributed by atoms with Crippen molar-refractivity contribution in [3.63, 3.8) is 0 Å². The maximum absolute atomic E-state index is 11.7. The predicted octanol–water partition coefficient (Wildman–Crippen LogP) is 3.20. The second-order valence-corrected chi connectivity index (χ2v) is 7.59. The minimum Gasteiger partial charge on any atom is -0.366 e. The summed E-state index contributed by atoms with van der Waals surface area (Å²) in [5, 5.41) is 0. The molecule has 2 aliphatic heterocycles. The van der Waals surface area contributed by atoms with Crippen molar-refractivity contribution in [3.05, 3.63) is 36.8 Å². The Morgan fingerprint density at radius 1 is 1.21 bits per heavy atom. The molecule has 2 aliphatic rings. The number of amides is 1. The summed E-state index contributed by atoms with van der Waals surface area (Å²) >= 11 is 0. The summed E-state index contributed by atoms with van der Waals surface area (Å²) in [4.78, 5) is 25.3. The van der Waals surface area contributed by atoms with Gasteiger partial charge in [0.25, 0.3) is 0 Å². The lowest BCUT2D eigenvalue weighted by atomic mass is 9.94. The van der Waals surface area contributed by atoms with Crippen LogP contribution in [0.4, 0.5) is 0 Å². The maximum Gasteiger partial charge on any atom is 0.246 e. The Morgan fingerprint density at radius 3 is 2.24 bits per heavy atom. The summed E-state index contributed by atoms with van der Waals surface area (Å²) in [7, 11) is 2.05. The van der Waals surface area contributed by atoms with Gasteiger partial charge in [-0.15, -0.1) is 0 Å². The Balaban J connectivity index is 0.00000204. The molecule has 0 aromatic heterocycles. The molecular weight excluding hydrogens is 362 g/mol. The highest BCUT2D eigenvalue weighted by Gasteiger charge is 2.40. The summed E-state index contributed by atoms with van der Waals surface area (Å²) < 4.78 is 0. The molecule has 0 aromatic rings. The summed E-state index contributed by atoms with van der Waals surface area (Å²) in [6, 6.07) is 0.926. The third kappa shape index (κ3) is 6.46. The Morgan fingerprint density at radius 2 is 1.79 bits per heavy atom. The van der Waals surface area contributed by atoms with Crippen LogP contribution >= 0.6 is 0 Å². The first-order valence-corrected chi connectivity index (χ1v) is 10.8. The van der Waals surface area contributed by atoms with E-state index in [1.54, 1.807) is 0 Å². The number of carbonyl (C=O) groups excluding carboxylic acids is 1. The lowest BCUT2D eigenvalue weighted by Crippen LogP contribution is -2.67. The summed E-state index contributed by atoms with van der Waals surface area (Å²) in [6.07, 6.45) is 3.50. The van der Waals surface area contributed by atoms with Crippen molar-refractivity contribution in [2.45, 2.75) is 53.6 Å². The van der Waals surface area contributed by atoms with Gasteiger partial charge >= 0.3 is 0 Å². The van der Waals surface area contributed by atoms with Gasteiger partial charge in [-0.3, -0.25) is 9.69 Å². The molecule has 6 heteroatoms. The number of likely N-dealkylation sites (tertiary alicyclic amines) is 1. The van der Waals surface area contributed by atoms with Gasteiger partial charge in [0.15, 0.2) is 0 Å². The first-order chi connectivity index (χ1) is 13.8. The van der Waals surface area contributed by atoms with Gasteiger partial charge in [0, 0.05) is 75.9 Å². The van der Waals surface area contributed by atoms with Crippen LogP contribution in [0.2, 0.25) is 0 Å². The zero-order valence-electron chi connectivity index (χ0n) is 19.6. The molecule has 1 amide bonds.